The maximum absolute atomic E-state index is 12.8. The third-order valence-corrected chi connectivity index (χ3v) is 3.39. The number of nitrogens with one attached hydrogen (secondary N) is 3. The third-order valence-electron chi connectivity index (χ3n) is 3.39. The van der Waals surface area contributed by atoms with Crippen molar-refractivity contribution in [1.82, 2.24) is 10.6 Å². The number of anilines is 1. The lowest BCUT2D eigenvalue weighted by Crippen LogP contribution is -2.41. The molecule has 2 aromatic carbocycles. The molecule has 0 heterocycles. The summed E-state index contributed by atoms with van der Waals surface area (Å²) in [6.07, 6.45) is 0. The number of carbonyl (C=O) groups is 1. The summed E-state index contributed by atoms with van der Waals surface area (Å²) in [6, 6.07) is 13.2. The fourth-order valence-electron chi connectivity index (χ4n) is 2.05. The van der Waals surface area contributed by atoms with Crippen molar-refractivity contribution in [2.24, 2.45) is 4.99 Å². The number of hydrogen-bond acceptors (Lipinski definition) is 3. The highest BCUT2D eigenvalue weighted by molar-refractivity contribution is 14.0. The molecule has 140 valence electrons. The minimum atomic E-state index is -0.348. The van der Waals surface area contributed by atoms with Crippen LogP contribution in [0, 0.1) is 5.82 Å². The first-order valence-corrected chi connectivity index (χ1v) is 7.73. The van der Waals surface area contributed by atoms with E-state index in [9.17, 15) is 9.18 Å². The predicted molar refractivity (Wildman–Crippen MR) is 112 cm³/mol. The van der Waals surface area contributed by atoms with Gasteiger partial charge in [0.1, 0.15) is 11.6 Å². The molecule has 26 heavy (non-hydrogen) atoms. The van der Waals surface area contributed by atoms with Crippen LogP contribution in [0.2, 0.25) is 0 Å². The monoisotopic (exact) mass is 472 g/mol. The van der Waals surface area contributed by atoms with Crippen LogP contribution in [-0.4, -0.2) is 32.6 Å². The van der Waals surface area contributed by atoms with E-state index < -0.39 is 0 Å². The van der Waals surface area contributed by atoms with Gasteiger partial charge in [0.15, 0.2) is 5.96 Å². The van der Waals surface area contributed by atoms with Crippen molar-refractivity contribution >= 4 is 41.5 Å². The standard InChI is InChI=1S/C18H21FN4O2.HI/c1-20-18(21-11-13-3-9-16(25-2)10-4-13)22-12-17(24)23-15-7-5-14(19)6-8-15;/h3-10H,11-12H2,1-2H3,(H,23,24)(H2,20,21,22);1H. The first kappa shape index (κ1) is 21.7. The van der Waals surface area contributed by atoms with Crippen molar-refractivity contribution in [1.29, 1.82) is 0 Å². The molecule has 0 saturated heterocycles. The maximum Gasteiger partial charge on any atom is 0.243 e. The van der Waals surface area contributed by atoms with Crippen LogP contribution in [0.1, 0.15) is 5.56 Å². The summed E-state index contributed by atoms with van der Waals surface area (Å²) < 4.78 is 17.9. The number of aliphatic imine (C=N–C) groups is 1. The quantitative estimate of drug-likeness (QED) is 0.344. The van der Waals surface area contributed by atoms with E-state index in [1.54, 1.807) is 14.2 Å². The zero-order valence-electron chi connectivity index (χ0n) is 14.6. The fourth-order valence-corrected chi connectivity index (χ4v) is 2.05. The Bertz CT molecular complexity index is 721. The molecule has 0 bridgehead atoms. The van der Waals surface area contributed by atoms with Crippen LogP contribution in [0.5, 0.6) is 5.75 Å². The summed E-state index contributed by atoms with van der Waals surface area (Å²) in [6.45, 7) is 0.600. The molecule has 0 radical (unpaired) electrons. The van der Waals surface area contributed by atoms with Crippen LogP contribution >= 0.6 is 24.0 Å². The topological polar surface area (TPSA) is 74.8 Å². The number of methoxy groups -OCH3 is 1. The van der Waals surface area contributed by atoms with Gasteiger partial charge in [0.25, 0.3) is 0 Å². The predicted octanol–water partition coefficient (Wildman–Crippen LogP) is 2.76. The summed E-state index contributed by atoms with van der Waals surface area (Å²) in [5.41, 5.74) is 1.59. The number of benzene rings is 2. The molecule has 0 aromatic heterocycles. The lowest BCUT2D eigenvalue weighted by atomic mass is 10.2. The Morgan fingerprint density at radius 3 is 2.31 bits per heavy atom. The maximum atomic E-state index is 12.8. The number of hydrogen-bond donors (Lipinski definition) is 3. The van der Waals surface area contributed by atoms with Gasteiger partial charge in [-0.05, 0) is 42.0 Å². The molecule has 0 saturated carbocycles. The number of ether oxygens (including phenoxy) is 1. The molecule has 0 aliphatic rings. The van der Waals surface area contributed by atoms with Crippen molar-refractivity contribution in [3.8, 4) is 5.75 Å². The van der Waals surface area contributed by atoms with Crippen LogP contribution in [0.3, 0.4) is 0 Å². The molecule has 0 aliphatic heterocycles. The molecule has 2 aromatic rings. The van der Waals surface area contributed by atoms with Gasteiger partial charge in [0.05, 0.1) is 13.7 Å². The Hall–Kier alpha value is -2.36. The van der Waals surface area contributed by atoms with Gasteiger partial charge in [-0.15, -0.1) is 24.0 Å². The molecule has 0 aliphatic carbocycles. The lowest BCUT2D eigenvalue weighted by molar-refractivity contribution is -0.115. The van der Waals surface area contributed by atoms with E-state index in [1.165, 1.54) is 24.3 Å². The Balaban J connectivity index is 0.00000338. The van der Waals surface area contributed by atoms with Crippen LogP contribution in [0.25, 0.3) is 0 Å². The third kappa shape index (κ3) is 7.26. The van der Waals surface area contributed by atoms with Gasteiger partial charge in [0, 0.05) is 19.3 Å². The molecule has 2 rings (SSSR count). The Kier molecular flexibility index (Phi) is 9.42. The second-order valence-electron chi connectivity index (χ2n) is 5.18. The molecular formula is C18H22FIN4O2. The SMILES string of the molecule is CN=C(NCC(=O)Nc1ccc(F)cc1)NCc1ccc(OC)cc1.I. The van der Waals surface area contributed by atoms with Crippen LogP contribution in [0.15, 0.2) is 53.5 Å². The number of rotatable bonds is 6. The first-order chi connectivity index (χ1) is 12.1. The molecule has 3 N–H and O–H groups in total. The smallest absolute Gasteiger partial charge is 0.243 e. The van der Waals surface area contributed by atoms with E-state index >= 15 is 0 Å². The molecule has 0 spiro atoms. The minimum Gasteiger partial charge on any atom is -0.497 e. The number of guanidine groups is 1. The fraction of sp³-hybridized carbons (Fsp3) is 0.222. The van der Waals surface area contributed by atoms with Gasteiger partial charge >= 0.3 is 0 Å². The Labute approximate surface area is 169 Å². The van der Waals surface area contributed by atoms with Gasteiger partial charge in [-0.1, -0.05) is 12.1 Å². The summed E-state index contributed by atoms with van der Waals surface area (Å²) in [4.78, 5) is 16.0. The van der Waals surface area contributed by atoms with Gasteiger partial charge in [-0.25, -0.2) is 4.39 Å². The Morgan fingerprint density at radius 2 is 1.73 bits per heavy atom. The second kappa shape index (κ2) is 11.3. The van der Waals surface area contributed by atoms with Gasteiger partial charge < -0.3 is 20.7 Å². The summed E-state index contributed by atoms with van der Waals surface area (Å²) in [7, 11) is 3.25. The van der Waals surface area contributed by atoms with E-state index in [2.05, 4.69) is 20.9 Å². The van der Waals surface area contributed by atoms with Crippen molar-refractivity contribution in [2.45, 2.75) is 6.54 Å². The molecule has 0 fully saturated rings. The van der Waals surface area contributed by atoms with Crippen LogP contribution in [-0.2, 0) is 11.3 Å². The average molecular weight is 472 g/mol. The highest BCUT2D eigenvalue weighted by atomic mass is 127. The van der Waals surface area contributed by atoms with Crippen LogP contribution in [0.4, 0.5) is 10.1 Å². The summed E-state index contributed by atoms with van der Waals surface area (Å²) >= 11 is 0. The van der Waals surface area contributed by atoms with E-state index in [0.717, 1.165) is 11.3 Å². The van der Waals surface area contributed by atoms with Crippen LogP contribution < -0.4 is 20.7 Å². The molecule has 0 unspecified atom stereocenters. The first-order valence-electron chi connectivity index (χ1n) is 7.73. The van der Waals surface area contributed by atoms with E-state index in [1.807, 2.05) is 24.3 Å². The highest BCUT2D eigenvalue weighted by Gasteiger charge is 2.05. The zero-order valence-corrected chi connectivity index (χ0v) is 16.9. The number of amides is 1. The molecule has 1 amide bonds. The van der Waals surface area contributed by atoms with E-state index in [-0.39, 0.29) is 42.2 Å². The molecule has 6 nitrogen and oxygen atoms in total. The van der Waals surface area contributed by atoms with Gasteiger partial charge in [-0.3, -0.25) is 9.79 Å². The lowest BCUT2D eigenvalue weighted by Gasteiger charge is -2.12. The second-order valence-corrected chi connectivity index (χ2v) is 5.18. The summed E-state index contributed by atoms with van der Waals surface area (Å²) in [5, 5.41) is 8.71. The largest absolute Gasteiger partial charge is 0.497 e. The van der Waals surface area contributed by atoms with Gasteiger partial charge in [-0.2, -0.15) is 0 Å². The molecule has 8 heteroatoms. The minimum absolute atomic E-state index is 0. The van der Waals surface area contributed by atoms with E-state index in [0.29, 0.717) is 18.2 Å². The number of halogens is 2. The number of nitrogens with zero attached hydrogens (tertiary/aromatic N) is 1. The average Bonchev–Trinajstić information content (AvgIpc) is 2.64. The van der Waals surface area contributed by atoms with Gasteiger partial charge in [0.2, 0.25) is 5.91 Å². The summed E-state index contributed by atoms with van der Waals surface area (Å²) in [5.74, 6) is 0.701. The number of carbonyl (C=O) groups excluding carboxylic acids is 1. The van der Waals surface area contributed by atoms with Crippen molar-refractivity contribution in [3.05, 3.63) is 59.9 Å². The molecule has 0 atom stereocenters. The van der Waals surface area contributed by atoms with E-state index in [4.69, 9.17) is 4.74 Å². The van der Waals surface area contributed by atoms with Crippen molar-refractivity contribution in [2.75, 3.05) is 26.0 Å². The van der Waals surface area contributed by atoms with Crippen molar-refractivity contribution in [3.63, 3.8) is 0 Å². The zero-order chi connectivity index (χ0) is 18.1. The Morgan fingerprint density at radius 1 is 1.08 bits per heavy atom. The molecular weight excluding hydrogens is 450 g/mol. The van der Waals surface area contributed by atoms with Crippen molar-refractivity contribution < 1.29 is 13.9 Å². The highest BCUT2D eigenvalue weighted by Crippen LogP contribution is 2.11. The normalized spacial score (nSPS) is 10.5.